The molecule has 1 aromatic heterocycles. The normalized spacial score (nSPS) is 10.9. The minimum absolute atomic E-state index is 0.489. The standard InChI is InChI=1S/C10H8N2O2/c13-10-12(6-7-14-10)11-8-9-4-2-1-3-5-9/h1-8H. The molecule has 2 aromatic rings. The Hall–Kier alpha value is -2.10. The summed E-state index contributed by atoms with van der Waals surface area (Å²) in [6, 6.07) is 9.52. The van der Waals surface area contributed by atoms with E-state index in [0.29, 0.717) is 0 Å². The second kappa shape index (κ2) is 3.74. The lowest BCUT2D eigenvalue weighted by molar-refractivity contribution is 0.492. The second-order valence-electron chi connectivity index (χ2n) is 2.67. The topological polar surface area (TPSA) is 47.5 Å². The molecule has 1 heterocycles. The van der Waals surface area contributed by atoms with Crippen molar-refractivity contribution >= 4 is 6.21 Å². The van der Waals surface area contributed by atoms with Crippen molar-refractivity contribution in [1.29, 1.82) is 0 Å². The largest absolute Gasteiger partial charge is 0.439 e. The minimum Gasteiger partial charge on any atom is -0.415 e. The quantitative estimate of drug-likeness (QED) is 0.667. The third kappa shape index (κ3) is 1.80. The molecule has 70 valence electrons. The van der Waals surface area contributed by atoms with Crippen LogP contribution in [0.15, 0.2) is 57.1 Å². The van der Waals surface area contributed by atoms with Crippen LogP contribution in [0.3, 0.4) is 0 Å². The van der Waals surface area contributed by atoms with Crippen molar-refractivity contribution in [2.75, 3.05) is 0 Å². The van der Waals surface area contributed by atoms with Gasteiger partial charge in [-0.25, -0.2) is 4.79 Å². The molecule has 14 heavy (non-hydrogen) atoms. The van der Waals surface area contributed by atoms with Gasteiger partial charge in [-0.2, -0.15) is 9.78 Å². The lowest BCUT2D eigenvalue weighted by Gasteiger charge is -1.90. The Balaban J connectivity index is 2.24. The van der Waals surface area contributed by atoms with Gasteiger partial charge in [-0.05, 0) is 5.56 Å². The first-order valence-corrected chi connectivity index (χ1v) is 4.12. The molecule has 1 aromatic carbocycles. The molecule has 4 heteroatoms. The lowest BCUT2D eigenvalue weighted by atomic mass is 10.2. The van der Waals surface area contributed by atoms with Crippen molar-refractivity contribution in [3.8, 4) is 0 Å². The fourth-order valence-electron chi connectivity index (χ4n) is 1.01. The average molecular weight is 188 g/mol. The summed E-state index contributed by atoms with van der Waals surface area (Å²) in [5.74, 6) is -0.489. The van der Waals surface area contributed by atoms with Gasteiger partial charge in [0.1, 0.15) is 6.26 Å². The van der Waals surface area contributed by atoms with Gasteiger partial charge in [0.2, 0.25) is 0 Å². The second-order valence-corrected chi connectivity index (χ2v) is 2.67. The molecule has 0 radical (unpaired) electrons. The van der Waals surface area contributed by atoms with Gasteiger partial charge in [0.25, 0.3) is 0 Å². The van der Waals surface area contributed by atoms with E-state index in [0.717, 1.165) is 10.2 Å². The Labute approximate surface area is 80.1 Å². The maximum atomic E-state index is 10.9. The number of rotatable bonds is 2. The molecule has 0 spiro atoms. The molecule has 0 fully saturated rings. The van der Waals surface area contributed by atoms with Crippen LogP contribution in [0.2, 0.25) is 0 Å². The van der Waals surface area contributed by atoms with Crippen LogP contribution in [0.4, 0.5) is 0 Å². The molecule has 0 unspecified atom stereocenters. The van der Waals surface area contributed by atoms with E-state index >= 15 is 0 Å². The Morgan fingerprint density at radius 1 is 1.29 bits per heavy atom. The lowest BCUT2D eigenvalue weighted by Crippen LogP contribution is -2.08. The Kier molecular flexibility index (Phi) is 2.27. The summed E-state index contributed by atoms with van der Waals surface area (Å²) in [5.41, 5.74) is 0.931. The number of hydrogen-bond acceptors (Lipinski definition) is 3. The van der Waals surface area contributed by atoms with E-state index in [1.54, 1.807) is 6.21 Å². The molecule has 0 bridgehead atoms. The van der Waals surface area contributed by atoms with Crippen LogP contribution in [-0.4, -0.2) is 10.9 Å². The van der Waals surface area contributed by atoms with Crippen molar-refractivity contribution in [3.63, 3.8) is 0 Å². The van der Waals surface area contributed by atoms with Crippen LogP contribution in [0.5, 0.6) is 0 Å². The maximum Gasteiger partial charge on any atom is 0.439 e. The molecule has 0 N–H and O–H groups in total. The predicted molar refractivity (Wildman–Crippen MR) is 52.4 cm³/mol. The molecule has 0 saturated carbocycles. The van der Waals surface area contributed by atoms with Crippen LogP contribution in [0, 0.1) is 0 Å². The molecular formula is C10H8N2O2. The van der Waals surface area contributed by atoms with E-state index in [4.69, 9.17) is 0 Å². The summed E-state index contributed by atoms with van der Waals surface area (Å²) in [6.45, 7) is 0. The van der Waals surface area contributed by atoms with E-state index in [2.05, 4.69) is 9.52 Å². The number of nitrogens with zero attached hydrogens (tertiary/aromatic N) is 2. The third-order valence-electron chi connectivity index (χ3n) is 1.69. The van der Waals surface area contributed by atoms with Gasteiger partial charge in [0.05, 0.1) is 12.4 Å². The number of aromatic nitrogens is 1. The zero-order valence-electron chi connectivity index (χ0n) is 7.33. The monoisotopic (exact) mass is 188 g/mol. The van der Waals surface area contributed by atoms with Crippen molar-refractivity contribution in [3.05, 3.63) is 58.9 Å². The van der Waals surface area contributed by atoms with Gasteiger partial charge in [0, 0.05) is 0 Å². The third-order valence-corrected chi connectivity index (χ3v) is 1.69. The van der Waals surface area contributed by atoms with Crippen molar-refractivity contribution in [2.45, 2.75) is 0 Å². The zero-order valence-corrected chi connectivity index (χ0v) is 7.33. The number of benzene rings is 1. The Bertz CT molecular complexity index is 482. The van der Waals surface area contributed by atoms with E-state index in [1.165, 1.54) is 12.5 Å². The highest BCUT2D eigenvalue weighted by Crippen LogP contribution is 1.94. The van der Waals surface area contributed by atoms with Gasteiger partial charge in [-0.15, -0.1) is 0 Å². The molecule has 0 aliphatic carbocycles. The first-order valence-electron chi connectivity index (χ1n) is 4.12. The SMILES string of the molecule is O=c1occn1N=Cc1ccccc1. The van der Waals surface area contributed by atoms with Gasteiger partial charge >= 0.3 is 5.76 Å². The summed E-state index contributed by atoms with van der Waals surface area (Å²) in [4.78, 5) is 10.9. The van der Waals surface area contributed by atoms with Crippen molar-refractivity contribution in [2.24, 2.45) is 5.10 Å². The van der Waals surface area contributed by atoms with Gasteiger partial charge in [0.15, 0.2) is 0 Å². The predicted octanol–water partition coefficient (Wildman–Crippen LogP) is 1.32. The maximum absolute atomic E-state index is 10.9. The fourth-order valence-corrected chi connectivity index (χ4v) is 1.01. The molecule has 4 nitrogen and oxygen atoms in total. The molecule has 0 saturated heterocycles. The van der Waals surface area contributed by atoms with Gasteiger partial charge in [-0.3, -0.25) is 0 Å². The minimum atomic E-state index is -0.489. The first kappa shape index (κ1) is 8.50. The first-order chi connectivity index (χ1) is 6.86. The van der Waals surface area contributed by atoms with Crippen LogP contribution in [-0.2, 0) is 0 Å². The molecule has 0 atom stereocenters. The summed E-state index contributed by atoms with van der Waals surface area (Å²) in [5, 5.41) is 3.92. The van der Waals surface area contributed by atoms with Crippen LogP contribution < -0.4 is 5.76 Å². The Morgan fingerprint density at radius 2 is 2.07 bits per heavy atom. The van der Waals surface area contributed by atoms with Gasteiger partial charge < -0.3 is 4.42 Å². The van der Waals surface area contributed by atoms with Gasteiger partial charge in [-0.1, -0.05) is 30.3 Å². The van der Waals surface area contributed by atoms with Crippen LogP contribution in [0.1, 0.15) is 5.56 Å². The molecule has 0 amide bonds. The van der Waals surface area contributed by atoms with E-state index in [1.807, 2.05) is 30.3 Å². The smallest absolute Gasteiger partial charge is 0.415 e. The highest BCUT2D eigenvalue weighted by molar-refractivity contribution is 5.79. The van der Waals surface area contributed by atoms with Crippen LogP contribution in [0.25, 0.3) is 0 Å². The summed E-state index contributed by atoms with van der Waals surface area (Å²) >= 11 is 0. The zero-order chi connectivity index (χ0) is 9.80. The summed E-state index contributed by atoms with van der Waals surface area (Å²) in [6.07, 6.45) is 4.35. The summed E-state index contributed by atoms with van der Waals surface area (Å²) in [7, 11) is 0. The van der Waals surface area contributed by atoms with E-state index < -0.39 is 5.76 Å². The highest BCUT2D eigenvalue weighted by atomic mass is 16.4. The summed E-state index contributed by atoms with van der Waals surface area (Å²) < 4.78 is 5.68. The van der Waals surface area contributed by atoms with E-state index in [-0.39, 0.29) is 0 Å². The average Bonchev–Trinajstić information content (AvgIpc) is 2.63. The van der Waals surface area contributed by atoms with E-state index in [9.17, 15) is 4.79 Å². The molecule has 2 rings (SSSR count). The van der Waals surface area contributed by atoms with Crippen molar-refractivity contribution in [1.82, 2.24) is 4.68 Å². The molecular weight excluding hydrogens is 180 g/mol. The van der Waals surface area contributed by atoms with Crippen LogP contribution >= 0.6 is 0 Å². The molecule has 0 aliphatic heterocycles. The molecule has 0 aliphatic rings. The fraction of sp³-hybridized carbons (Fsp3) is 0. The van der Waals surface area contributed by atoms with Crippen molar-refractivity contribution < 1.29 is 4.42 Å². The number of hydrogen-bond donors (Lipinski definition) is 0. The Morgan fingerprint density at radius 3 is 2.71 bits per heavy atom. The highest BCUT2D eigenvalue weighted by Gasteiger charge is 1.92. The number of oxazole rings is 1.